The van der Waals surface area contributed by atoms with Crippen LogP contribution in [0.1, 0.15) is 16.8 Å². The molecule has 11 heteroatoms. The van der Waals surface area contributed by atoms with Crippen LogP contribution in [0.15, 0.2) is 59.9 Å². The van der Waals surface area contributed by atoms with Gasteiger partial charge in [0, 0.05) is 23.1 Å². The van der Waals surface area contributed by atoms with Gasteiger partial charge in [0.2, 0.25) is 0 Å². The number of nitrogens with one attached hydrogen (secondary N) is 3. The number of fused-ring (bicyclic) bond motifs is 1. The van der Waals surface area contributed by atoms with Gasteiger partial charge >= 0.3 is 6.18 Å². The Morgan fingerprint density at radius 3 is 2.43 bits per heavy atom. The quantitative estimate of drug-likeness (QED) is 0.545. The summed E-state index contributed by atoms with van der Waals surface area (Å²) in [6, 6.07) is 7.69. The molecule has 3 aromatic rings. The first-order valence-electron chi connectivity index (χ1n) is 8.50. The molecule has 0 atom stereocenters. The average Bonchev–Trinajstić information content (AvgIpc) is 3.29. The average molecular weight is 434 g/mol. The smallest absolute Gasteiger partial charge is 0.351 e. The third-order valence-corrected chi connectivity index (χ3v) is 5.74. The number of hydrogen-bond acceptors (Lipinski definition) is 4. The summed E-state index contributed by atoms with van der Waals surface area (Å²) in [6.45, 7) is 0. The number of alkyl halides is 3. The molecule has 7 nitrogen and oxygen atoms in total. The molecule has 2 aromatic carbocycles. The van der Waals surface area contributed by atoms with Crippen molar-refractivity contribution in [1.29, 1.82) is 0 Å². The Balaban J connectivity index is 1.65. The maximum absolute atomic E-state index is 12.7. The van der Waals surface area contributed by atoms with E-state index >= 15 is 0 Å². The van der Waals surface area contributed by atoms with Crippen molar-refractivity contribution in [2.24, 2.45) is 0 Å². The maximum Gasteiger partial charge on any atom is 0.416 e. The largest absolute Gasteiger partial charge is 0.416 e. The van der Waals surface area contributed by atoms with Gasteiger partial charge in [-0.2, -0.15) is 13.2 Å². The molecule has 1 aromatic heterocycles. The van der Waals surface area contributed by atoms with Crippen LogP contribution >= 0.6 is 0 Å². The number of imidazole rings is 1. The molecule has 4 rings (SSSR count). The zero-order chi connectivity index (χ0) is 21.5. The lowest BCUT2D eigenvalue weighted by atomic mass is 10.1. The first kappa shape index (κ1) is 19.7. The summed E-state index contributed by atoms with van der Waals surface area (Å²) < 4.78 is 65.7. The van der Waals surface area contributed by atoms with E-state index in [-0.39, 0.29) is 16.2 Å². The highest BCUT2D eigenvalue weighted by atomic mass is 32.2. The number of benzene rings is 2. The van der Waals surface area contributed by atoms with Crippen LogP contribution in [0.4, 0.5) is 24.5 Å². The topological polar surface area (TPSA) is 104 Å². The van der Waals surface area contributed by atoms with E-state index in [1.54, 1.807) is 6.20 Å². The summed E-state index contributed by atoms with van der Waals surface area (Å²) >= 11 is 0. The van der Waals surface area contributed by atoms with Crippen molar-refractivity contribution in [1.82, 2.24) is 9.97 Å². The van der Waals surface area contributed by atoms with Gasteiger partial charge in [0.25, 0.3) is 15.9 Å². The van der Waals surface area contributed by atoms with Gasteiger partial charge < -0.3 is 10.3 Å². The minimum Gasteiger partial charge on any atom is -0.351 e. The molecule has 154 valence electrons. The van der Waals surface area contributed by atoms with E-state index < -0.39 is 27.7 Å². The molecule has 3 N–H and O–H groups in total. The van der Waals surface area contributed by atoms with Crippen LogP contribution in [-0.2, 0) is 21.0 Å². The maximum atomic E-state index is 12.7. The van der Waals surface area contributed by atoms with Crippen LogP contribution in [0.3, 0.4) is 0 Å². The highest BCUT2D eigenvalue weighted by Gasteiger charge is 2.30. The molecule has 0 unspecified atom stereocenters. The van der Waals surface area contributed by atoms with Crippen molar-refractivity contribution in [3.05, 3.63) is 71.8 Å². The van der Waals surface area contributed by atoms with Crippen molar-refractivity contribution in [3.8, 4) is 0 Å². The van der Waals surface area contributed by atoms with Crippen LogP contribution in [0.5, 0.6) is 0 Å². The van der Waals surface area contributed by atoms with Crippen LogP contribution in [0, 0.1) is 0 Å². The van der Waals surface area contributed by atoms with E-state index in [1.807, 2.05) is 0 Å². The normalized spacial score (nSPS) is 15.2. The molecule has 0 spiro atoms. The number of rotatable bonds is 4. The van der Waals surface area contributed by atoms with E-state index in [2.05, 4.69) is 20.0 Å². The van der Waals surface area contributed by atoms with E-state index in [0.29, 0.717) is 16.9 Å². The lowest BCUT2D eigenvalue weighted by molar-refractivity contribution is -0.137. The van der Waals surface area contributed by atoms with Gasteiger partial charge in [0.05, 0.1) is 28.1 Å². The van der Waals surface area contributed by atoms with E-state index in [1.165, 1.54) is 30.6 Å². The minimum atomic E-state index is -4.52. The van der Waals surface area contributed by atoms with Crippen molar-refractivity contribution in [3.63, 3.8) is 0 Å². The Bertz CT molecular complexity index is 1250. The Labute approximate surface area is 168 Å². The van der Waals surface area contributed by atoms with Gasteiger partial charge in [-0.3, -0.25) is 9.52 Å². The molecule has 0 fully saturated rings. The van der Waals surface area contributed by atoms with Crippen LogP contribution in [-0.4, -0.2) is 24.3 Å². The predicted octanol–water partition coefficient (Wildman–Crippen LogP) is 3.72. The van der Waals surface area contributed by atoms with Gasteiger partial charge in [0.1, 0.15) is 0 Å². The Kier molecular flexibility index (Phi) is 4.61. The van der Waals surface area contributed by atoms with Gasteiger partial charge in [-0.05, 0) is 48.5 Å². The first-order valence-corrected chi connectivity index (χ1v) is 9.98. The summed E-state index contributed by atoms with van der Waals surface area (Å²) in [5, 5.41) is 2.64. The third kappa shape index (κ3) is 3.79. The van der Waals surface area contributed by atoms with Gasteiger partial charge in [-0.25, -0.2) is 13.4 Å². The SMILES string of the molecule is O=C1Nc2ccc(S(=O)(=O)Nc3ccc(C(F)(F)F)cc3)cc2C1=Cc1c[nH]cn1. The minimum absolute atomic E-state index is 0.0232. The third-order valence-electron chi connectivity index (χ3n) is 4.36. The summed E-state index contributed by atoms with van der Waals surface area (Å²) in [7, 11) is -4.11. The number of sulfonamides is 1. The molecule has 30 heavy (non-hydrogen) atoms. The molecular weight excluding hydrogens is 421 g/mol. The molecule has 0 bridgehead atoms. The van der Waals surface area contributed by atoms with Crippen molar-refractivity contribution in [2.75, 3.05) is 10.0 Å². The lowest BCUT2D eigenvalue weighted by Crippen LogP contribution is -2.13. The summed E-state index contributed by atoms with van der Waals surface area (Å²) in [4.78, 5) is 18.9. The lowest BCUT2D eigenvalue weighted by Gasteiger charge is -2.11. The number of H-pyrrole nitrogens is 1. The van der Waals surface area contributed by atoms with Gasteiger partial charge in [-0.15, -0.1) is 0 Å². The monoisotopic (exact) mass is 434 g/mol. The molecule has 0 saturated heterocycles. The number of anilines is 2. The predicted molar refractivity (Wildman–Crippen MR) is 104 cm³/mol. The second kappa shape index (κ2) is 7.02. The number of aromatic nitrogens is 2. The summed E-state index contributed by atoms with van der Waals surface area (Å²) in [6.07, 6.45) is 0.00535. The van der Waals surface area contributed by atoms with Gasteiger partial charge in [0.15, 0.2) is 0 Å². The van der Waals surface area contributed by atoms with Crippen LogP contribution in [0.25, 0.3) is 11.6 Å². The first-order chi connectivity index (χ1) is 14.1. The summed E-state index contributed by atoms with van der Waals surface area (Å²) in [5.41, 5.74) is 0.632. The highest BCUT2D eigenvalue weighted by molar-refractivity contribution is 7.92. The fraction of sp³-hybridized carbons (Fsp3) is 0.0526. The molecule has 1 aliphatic rings. The second-order valence-corrected chi connectivity index (χ2v) is 8.08. The molecule has 1 aliphatic heterocycles. The fourth-order valence-electron chi connectivity index (χ4n) is 2.92. The van der Waals surface area contributed by atoms with E-state index in [4.69, 9.17) is 0 Å². The second-order valence-electron chi connectivity index (χ2n) is 6.39. The van der Waals surface area contributed by atoms with E-state index in [9.17, 15) is 26.4 Å². The molecule has 0 radical (unpaired) electrons. The number of nitrogens with zero attached hydrogens (tertiary/aromatic N) is 1. The number of aromatic amines is 1. The zero-order valence-corrected chi connectivity index (χ0v) is 15.8. The van der Waals surface area contributed by atoms with Crippen molar-refractivity contribution >= 4 is 39.0 Å². The number of carbonyl (C=O) groups excluding carboxylic acids is 1. The van der Waals surface area contributed by atoms with Crippen molar-refractivity contribution in [2.45, 2.75) is 11.1 Å². The Hall–Kier alpha value is -3.60. The summed E-state index contributed by atoms with van der Waals surface area (Å²) in [5.74, 6) is -0.404. The Morgan fingerprint density at radius 1 is 1.07 bits per heavy atom. The van der Waals surface area contributed by atoms with Crippen LogP contribution < -0.4 is 10.0 Å². The van der Waals surface area contributed by atoms with Crippen LogP contribution in [0.2, 0.25) is 0 Å². The number of carbonyl (C=O) groups is 1. The standard InChI is InChI=1S/C19H13F3N4O3S/c20-19(21,22)11-1-3-12(4-2-11)26-30(28,29)14-5-6-17-15(8-14)16(18(27)25-17)7-13-9-23-10-24-13/h1-10,26H,(H,23,24)(H,25,27). The van der Waals surface area contributed by atoms with Gasteiger partial charge in [-0.1, -0.05) is 0 Å². The molecule has 1 amide bonds. The molecular formula is C19H13F3N4O3S. The number of hydrogen-bond donors (Lipinski definition) is 3. The molecule has 2 heterocycles. The Morgan fingerprint density at radius 2 is 1.80 bits per heavy atom. The fourth-order valence-corrected chi connectivity index (χ4v) is 4.00. The van der Waals surface area contributed by atoms with E-state index in [0.717, 1.165) is 24.3 Å². The zero-order valence-electron chi connectivity index (χ0n) is 15.0. The number of amides is 1. The van der Waals surface area contributed by atoms with Crippen molar-refractivity contribution < 1.29 is 26.4 Å². The molecule has 0 aliphatic carbocycles. The molecule has 0 saturated carbocycles. The highest BCUT2D eigenvalue weighted by Crippen LogP contribution is 2.35. The number of halogens is 3.